The van der Waals surface area contributed by atoms with Crippen LogP contribution in [0.1, 0.15) is 34.8 Å². The minimum absolute atomic E-state index is 0.000719. The molecule has 142 valence electrons. The van der Waals surface area contributed by atoms with E-state index in [1.165, 1.54) is 12.1 Å². The molecule has 3 aromatic rings. The van der Waals surface area contributed by atoms with Gasteiger partial charge in [-0.1, -0.05) is 23.7 Å². The minimum atomic E-state index is -0.316. The number of halogens is 2. The smallest absolute Gasteiger partial charge is 0.253 e. The average molecular weight is 396 g/mol. The lowest BCUT2D eigenvalue weighted by atomic mass is 9.94. The van der Waals surface area contributed by atoms with Crippen molar-refractivity contribution in [1.82, 2.24) is 14.9 Å². The zero-order valence-electron chi connectivity index (χ0n) is 15.2. The maximum Gasteiger partial charge on any atom is 0.253 e. The normalized spacial score (nSPS) is 16.8. The Morgan fingerprint density at radius 1 is 1.14 bits per heavy atom. The predicted octanol–water partition coefficient (Wildman–Crippen LogP) is 4.96. The molecule has 1 fully saturated rings. The molecule has 0 bridgehead atoms. The Morgan fingerprint density at radius 3 is 2.75 bits per heavy atom. The molecular formula is C22H19ClFN3O. The van der Waals surface area contributed by atoms with Crippen molar-refractivity contribution >= 4 is 17.5 Å². The van der Waals surface area contributed by atoms with Gasteiger partial charge in [0.2, 0.25) is 0 Å². The first-order valence-electron chi connectivity index (χ1n) is 9.24. The van der Waals surface area contributed by atoms with Gasteiger partial charge in [0, 0.05) is 47.0 Å². The molecule has 1 aliphatic heterocycles. The largest absolute Gasteiger partial charge is 0.338 e. The van der Waals surface area contributed by atoms with Crippen LogP contribution in [0.5, 0.6) is 0 Å². The van der Waals surface area contributed by atoms with Crippen LogP contribution in [-0.4, -0.2) is 33.9 Å². The number of piperidine rings is 1. The maximum absolute atomic E-state index is 13.5. The van der Waals surface area contributed by atoms with Crippen molar-refractivity contribution in [3.8, 4) is 11.4 Å². The van der Waals surface area contributed by atoms with E-state index in [1.807, 2.05) is 11.0 Å². The molecule has 1 aliphatic rings. The van der Waals surface area contributed by atoms with Gasteiger partial charge in [0.15, 0.2) is 5.82 Å². The van der Waals surface area contributed by atoms with Gasteiger partial charge < -0.3 is 4.90 Å². The first-order valence-corrected chi connectivity index (χ1v) is 9.62. The fourth-order valence-corrected chi connectivity index (χ4v) is 3.67. The van der Waals surface area contributed by atoms with Crippen LogP contribution in [0.3, 0.4) is 0 Å². The summed E-state index contributed by atoms with van der Waals surface area (Å²) in [5, 5.41) is 0.610. The summed E-state index contributed by atoms with van der Waals surface area (Å²) >= 11 is 5.92. The predicted molar refractivity (Wildman–Crippen MR) is 107 cm³/mol. The van der Waals surface area contributed by atoms with Gasteiger partial charge in [-0.2, -0.15) is 0 Å². The Labute approximate surface area is 168 Å². The third kappa shape index (κ3) is 4.04. The van der Waals surface area contributed by atoms with Gasteiger partial charge in [-0.05, 0) is 55.3 Å². The summed E-state index contributed by atoms with van der Waals surface area (Å²) < 4.78 is 13.5. The fraction of sp³-hybridized carbons (Fsp3) is 0.227. The molecule has 0 radical (unpaired) electrons. The van der Waals surface area contributed by atoms with Crippen molar-refractivity contribution in [3.63, 3.8) is 0 Å². The molecule has 6 heteroatoms. The molecule has 0 saturated carbocycles. The van der Waals surface area contributed by atoms with Crippen molar-refractivity contribution in [1.29, 1.82) is 0 Å². The first-order chi connectivity index (χ1) is 13.6. The summed E-state index contributed by atoms with van der Waals surface area (Å²) in [6.07, 6.45) is 3.55. The van der Waals surface area contributed by atoms with Gasteiger partial charge in [-0.25, -0.2) is 14.4 Å². The molecule has 1 aromatic heterocycles. The van der Waals surface area contributed by atoms with Crippen molar-refractivity contribution in [3.05, 3.63) is 82.9 Å². The van der Waals surface area contributed by atoms with Crippen molar-refractivity contribution in [2.24, 2.45) is 0 Å². The number of rotatable bonds is 3. The number of carbonyl (C=O) groups excluding carboxylic acids is 1. The summed E-state index contributed by atoms with van der Waals surface area (Å²) in [4.78, 5) is 23.6. The Morgan fingerprint density at radius 2 is 1.96 bits per heavy atom. The maximum atomic E-state index is 13.5. The summed E-state index contributed by atoms with van der Waals surface area (Å²) in [5.74, 6) is 0.308. The van der Waals surface area contributed by atoms with Crippen molar-refractivity contribution in [2.75, 3.05) is 13.1 Å². The van der Waals surface area contributed by atoms with Crippen LogP contribution in [0.2, 0.25) is 5.02 Å². The highest BCUT2D eigenvalue weighted by molar-refractivity contribution is 6.30. The molecule has 1 saturated heterocycles. The van der Waals surface area contributed by atoms with Gasteiger partial charge in [-0.15, -0.1) is 0 Å². The summed E-state index contributed by atoms with van der Waals surface area (Å²) in [6.45, 7) is 1.32. The Bertz CT molecular complexity index is 993. The van der Waals surface area contributed by atoms with Crippen molar-refractivity contribution < 1.29 is 9.18 Å². The lowest BCUT2D eigenvalue weighted by molar-refractivity contribution is 0.0706. The zero-order chi connectivity index (χ0) is 19.5. The molecular weight excluding hydrogens is 377 g/mol. The second kappa shape index (κ2) is 8.07. The van der Waals surface area contributed by atoms with Crippen LogP contribution >= 0.6 is 11.6 Å². The monoisotopic (exact) mass is 395 g/mol. The van der Waals surface area contributed by atoms with Crippen LogP contribution in [-0.2, 0) is 0 Å². The number of amides is 1. The molecule has 4 nitrogen and oxygen atoms in total. The number of aromatic nitrogens is 2. The molecule has 0 N–H and O–H groups in total. The number of likely N-dealkylation sites (tertiary alicyclic amines) is 1. The highest BCUT2D eigenvalue weighted by Crippen LogP contribution is 2.28. The number of benzene rings is 2. The van der Waals surface area contributed by atoms with Crippen LogP contribution in [0.15, 0.2) is 60.8 Å². The third-order valence-corrected chi connectivity index (χ3v) is 5.23. The molecule has 2 aromatic carbocycles. The molecule has 0 unspecified atom stereocenters. The lowest BCUT2D eigenvalue weighted by Gasteiger charge is -2.32. The number of nitrogens with zero attached hydrogens (tertiary/aromatic N) is 3. The molecule has 4 rings (SSSR count). The van der Waals surface area contributed by atoms with Gasteiger partial charge in [0.25, 0.3) is 5.91 Å². The van der Waals surface area contributed by atoms with Gasteiger partial charge in [-0.3, -0.25) is 4.79 Å². The molecule has 28 heavy (non-hydrogen) atoms. The first kappa shape index (κ1) is 18.6. The fourth-order valence-electron chi connectivity index (χ4n) is 3.54. The highest BCUT2D eigenvalue weighted by atomic mass is 35.5. The Kier molecular flexibility index (Phi) is 5.35. The van der Waals surface area contributed by atoms with E-state index in [4.69, 9.17) is 11.6 Å². The van der Waals surface area contributed by atoms with E-state index in [1.54, 1.807) is 42.6 Å². The molecule has 2 heterocycles. The third-order valence-electron chi connectivity index (χ3n) is 4.98. The molecule has 1 atom stereocenters. The van der Waals surface area contributed by atoms with Crippen molar-refractivity contribution in [2.45, 2.75) is 18.8 Å². The van der Waals surface area contributed by atoms with Crippen LogP contribution in [0.4, 0.5) is 4.39 Å². The van der Waals surface area contributed by atoms with Crippen LogP contribution < -0.4 is 0 Å². The van der Waals surface area contributed by atoms with Crippen LogP contribution in [0.25, 0.3) is 11.4 Å². The van der Waals surface area contributed by atoms with Gasteiger partial charge >= 0.3 is 0 Å². The topological polar surface area (TPSA) is 46.1 Å². The SMILES string of the molecule is O=C(c1ccc(Cl)cc1)N1CCC[C@@H](c2ccnc(-c3cccc(F)c3)n2)C1. The second-order valence-electron chi connectivity index (χ2n) is 6.91. The van der Waals surface area contributed by atoms with E-state index >= 15 is 0 Å². The van der Waals surface area contributed by atoms with E-state index in [0.717, 1.165) is 25.1 Å². The number of hydrogen-bond donors (Lipinski definition) is 0. The highest BCUT2D eigenvalue weighted by Gasteiger charge is 2.26. The number of carbonyl (C=O) groups is 1. The van der Waals surface area contributed by atoms with E-state index in [2.05, 4.69) is 9.97 Å². The molecule has 1 amide bonds. The second-order valence-corrected chi connectivity index (χ2v) is 7.35. The standard InChI is InChI=1S/C22H19ClFN3O/c23-18-8-6-15(7-9-18)22(28)27-12-2-4-17(14-27)20-10-11-25-21(26-20)16-3-1-5-19(24)13-16/h1,3,5-11,13,17H,2,4,12,14H2/t17-/m1/s1. The van der Waals surface area contributed by atoms with Gasteiger partial charge in [0.05, 0.1) is 0 Å². The Hall–Kier alpha value is -2.79. The average Bonchev–Trinajstić information content (AvgIpc) is 2.74. The van der Waals surface area contributed by atoms with Gasteiger partial charge in [0.1, 0.15) is 5.82 Å². The summed E-state index contributed by atoms with van der Waals surface area (Å²) in [6, 6.07) is 15.1. The summed E-state index contributed by atoms with van der Waals surface area (Å²) in [5.41, 5.74) is 2.16. The van der Waals surface area contributed by atoms with E-state index in [0.29, 0.717) is 28.5 Å². The van der Waals surface area contributed by atoms with E-state index < -0.39 is 0 Å². The lowest BCUT2D eigenvalue weighted by Crippen LogP contribution is -2.39. The molecule has 0 spiro atoms. The Balaban J connectivity index is 1.54. The number of hydrogen-bond acceptors (Lipinski definition) is 3. The molecule has 0 aliphatic carbocycles. The van der Waals surface area contributed by atoms with Crippen LogP contribution in [0, 0.1) is 5.82 Å². The van der Waals surface area contributed by atoms with E-state index in [-0.39, 0.29) is 17.6 Å². The minimum Gasteiger partial charge on any atom is -0.338 e. The summed E-state index contributed by atoms with van der Waals surface area (Å²) in [7, 11) is 0. The quantitative estimate of drug-likeness (QED) is 0.630. The van der Waals surface area contributed by atoms with E-state index in [9.17, 15) is 9.18 Å². The zero-order valence-corrected chi connectivity index (χ0v) is 15.9.